The molecule has 6 heteroatoms. The quantitative estimate of drug-likeness (QED) is 0.778. The van der Waals surface area contributed by atoms with Gasteiger partial charge in [-0.3, -0.25) is 9.20 Å². The maximum absolute atomic E-state index is 12.2. The second kappa shape index (κ2) is 6.13. The third kappa shape index (κ3) is 2.72. The van der Waals surface area contributed by atoms with Crippen molar-refractivity contribution in [2.24, 2.45) is 0 Å². The molecule has 136 valence electrons. The lowest BCUT2D eigenvalue weighted by Crippen LogP contribution is -2.32. The van der Waals surface area contributed by atoms with Crippen LogP contribution in [-0.4, -0.2) is 28.9 Å². The van der Waals surface area contributed by atoms with Gasteiger partial charge in [0, 0.05) is 18.3 Å². The predicted molar refractivity (Wildman–Crippen MR) is 102 cm³/mol. The van der Waals surface area contributed by atoms with E-state index in [1.165, 1.54) is 0 Å². The van der Waals surface area contributed by atoms with Gasteiger partial charge in [-0.2, -0.15) is 5.26 Å². The number of aromatic nitrogens is 2. The summed E-state index contributed by atoms with van der Waals surface area (Å²) in [6.45, 7) is 4.41. The number of nitrogens with zero attached hydrogens (tertiary/aromatic N) is 3. The van der Waals surface area contributed by atoms with E-state index in [2.05, 4.69) is 16.4 Å². The van der Waals surface area contributed by atoms with E-state index >= 15 is 0 Å². The number of methoxy groups -OCH3 is 1. The molecule has 0 unspecified atom stereocenters. The van der Waals surface area contributed by atoms with E-state index in [1.807, 2.05) is 54.9 Å². The Labute approximate surface area is 157 Å². The summed E-state index contributed by atoms with van der Waals surface area (Å²) in [6, 6.07) is 10.1. The van der Waals surface area contributed by atoms with Crippen molar-refractivity contribution in [1.29, 1.82) is 5.26 Å². The van der Waals surface area contributed by atoms with Crippen LogP contribution in [0.2, 0.25) is 0 Å². The number of fused-ring (bicyclic) bond motifs is 2. The third-order valence-corrected chi connectivity index (χ3v) is 5.12. The topological polar surface area (TPSA) is 79.4 Å². The Morgan fingerprint density at radius 1 is 1.33 bits per heavy atom. The van der Waals surface area contributed by atoms with Crippen LogP contribution in [0.3, 0.4) is 0 Å². The van der Waals surface area contributed by atoms with Crippen LogP contribution in [-0.2, 0) is 11.8 Å². The Morgan fingerprint density at radius 3 is 2.89 bits per heavy atom. The normalized spacial score (nSPS) is 13.8. The second-order valence-electron chi connectivity index (χ2n) is 7.24. The Kier molecular flexibility index (Phi) is 3.88. The molecule has 0 saturated heterocycles. The molecule has 1 aliphatic rings. The van der Waals surface area contributed by atoms with Crippen LogP contribution < -0.4 is 10.1 Å². The summed E-state index contributed by atoms with van der Waals surface area (Å²) in [5.74, 6) is 0.470. The zero-order valence-electron chi connectivity index (χ0n) is 15.5. The summed E-state index contributed by atoms with van der Waals surface area (Å²) in [5.41, 5.74) is 4.58. The maximum Gasteiger partial charge on any atom is 0.255 e. The third-order valence-electron chi connectivity index (χ3n) is 5.12. The molecule has 2 aromatic heterocycles. The highest BCUT2D eigenvalue weighted by Gasteiger charge is 2.24. The van der Waals surface area contributed by atoms with Gasteiger partial charge in [-0.15, -0.1) is 0 Å². The van der Waals surface area contributed by atoms with Gasteiger partial charge < -0.3 is 10.1 Å². The fourth-order valence-corrected chi connectivity index (χ4v) is 3.48. The van der Waals surface area contributed by atoms with Gasteiger partial charge in [-0.1, -0.05) is 0 Å². The van der Waals surface area contributed by atoms with E-state index in [9.17, 15) is 10.1 Å². The van der Waals surface area contributed by atoms with Crippen LogP contribution >= 0.6 is 0 Å². The minimum absolute atomic E-state index is 0.0961. The molecule has 0 radical (unpaired) electrons. The molecule has 4 rings (SSSR count). The number of nitriles is 1. The lowest BCUT2D eigenvalue weighted by molar-refractivity contribution is 0.0942. The summed E-state index contributed by atoms with van der Waals surface area (Å²) in [5, 5.41) is 12.2. The van der Waals surface area contributed by atoms with Crippen LogP contribution in [0.5, 0.6) is 5.75 Å². The van der Waals surface area contributed by atoms with Gasteiger partial charge in [-0.05, 0) is 55.7 Å². The lowest BCUT2D eigenvalue weighted by Gasteiger charge is -2.20. The summed E-state index contributed by atoms with van der Waals surface area (Å²) in [4.78, 5) is 16.7. The van der Waals surface area contributed by atoms with E-state index in [-0.39, 0.29) is 5.91 Å². The number of imidazole rings is 1. The summed E-state index contributed by atoms with van der Waals surface area (Å²) in [7, 11) is 1.58. The Hall–Kier alpha value is -3.33. The molecule has 1 amide bonds. The predicted octanol–water partition coefficient (Wildman–Crippen LogP) is 3.10. The lowest BCUT2D eigenvalue weighted by atomic mass is 9.87. The molecular formula is C21H20N4O2. The highest BCUT2D eigenvalue weighted by Crippen LogP contribution is 2.33. The van der Waals surface area contributed by atoms with Crippen LogP contribution in [0.4, 0.5) is 0 Å². The molecule has 3 aromatic rings. The number of rotatable bonds is 3. The molecule has 1 N–H and O–H groups in total. The minimum Gasteiger partial charge on any atom is -0.496 e. The van der Waals surface area contributed by atoms with E-state index in [4.69, 9.17) is 4.74 Å². The number of hydrogen-bond acceptors (Lipinski definition) is 4. The van der Waals surface area contributed by atoms with Gasteiger partial charge in [0.15, 0.2) is 0 Å². The average molecular weight is 360 g/mol. The summed E-state index contributed by atoms with van der Waals surface area (Å²) in [6.07, 6.45) is 4.51. The molecule has 1 aromatic carbocycles. The summed E-state index contributed by atoms with van der Waals surface area (Å²) >= 11 is 0. The molecule has 0 fully saturated rings. The van der Waals surface area contributed by atoms with Crippen molar-refractivity contribution in [2.45, 2.75) is 25.7 Å². The Balaban J connectivity index is 1.86. The zero-order valence-corrected chi connectivity index (χ0v) is 15.5. The number of carbonyl (C=O) groups is 1. The van der Waals surface area contributed by atoms with E-state index in [0.29, 0.717) is 17.9 Å². The SMILES string of the molecule is COc1cc(-c2cnc3cc(C(C)(C)C#N)ccn23)cc2c1C(=O)NCC2. The van der Waals surface area contributed by atoms with Gasteiger partial charge in [0.25, 0.3) is 5.91 Å². The first-order valence-electron chi connectivity index (χ1n) is 8.83. The van der Waals surface area contributed by atoms with Crippen LogP contribution in [0.25, 0.3) is 16.9 Å². The first kappa shape index (κ1) is 17.1. The van der Waals surface area contributed by atoms with E-state index < -0.39 is 5.41 Å². The van der Waals surface area contributed by atoms with Gasteiger partial charge in [0.05, 0.1) is 36.0 Å². The van der Waals surface area contributed by atoms with Crippen molar-refractivity contribution in [3.8, 4) is 23.1 Å². The molecule has 0 aliphatic carbocycles. The van der Waals surface area contributed by atoms with Crippen LogP contribution in [0, 0.1) is 11.3 Å². The number of carbonyl (C=O) groups excluding carboxylic acids is 1. The zero-order chi connectivity index (χ0) is 19.2. The number of hydrogen-bond donors (Lipinski definition) is 1. The first-order valence-corrected chi connectivity index (χ1v) is 8.83. The number of pyridine rings is 1. The van der Waals surface area contributed by atoms with Crippen molar-refractivity contribution >= 4 is 11.6 Å². The number of nitrogens with one attached hydrogen (secondary N) is 1. The second-order valence-corrected chi connectivity index (χ2v) is 7.24. The smallest absolute Gasteiger partial charge is 0.255 e. The van der Waals surface area contributed by atoms with Crippen LogP contribution in [0.15, 0.2) is 36.7 Å². The van der Waals surface area contributed by atoms with E-state index in [1.54, 1.807) is 7.11 Å². The number of ether oxygens (including phenoxy) is 1. The van der Waals surface area contributed by atoms with Gasteiger partial charge in [0.1, 0.15) is 11.4 Å². The Bertz CT molecular complexity index is 1090. The molecule has 0 atom stereocenters. The molecule has 6 nitrogen and oxygen atoms in total. The minimum atomic E-state index is -0.573. The molecule has 0 saturated carbocycles. The molecule has 1 aliphatic heterocycles. The number of benzene rings is 1. The molecule has 0 bridgehead atoms. The van der Waals surface area contributed by atoms with Crippen molar-refractivity contribution in [1.82, 2.24) is 14.7 Å². The monoisotopic (exact) mass is 360 g/mol. The van der Waals surface area contributed by atoms with Crippen molar-refractivity contribution in [3.05, 3.63) is 53.3 Å². The molecule has 3 heterocycles. The van der Waals surface area contributed by atoms with Gasteiger partial charge in [-0.25, -0.2) is 4.98 Å². The van der Waals surface area contributed by atoms with Crippen LogP contribution in [0.1, 0.15) is 35.3 Å². The first-order chi connectivity index (χ1) is 12.9. The Morgan fingerprint density at radius 2 is 2.15 bits per heavy atom. The molecule has 0 spiro atoms. The van der Waals surface area contributed by atoms with Gasteiger partial charge >= 0.3 is 0 Å². The number of amides is 1. The average Bonchev–Trinajstić information content (AvgIpc) is 3.10. The van der Waals surface area contributed by atoms with Crippen molar-refractivity contribution in [3.63, 3.8) is 0 Å². The standard InChI is InChI=1S/C21H20N4O2/c1-21(2,12-22)15-5-7-25-16(11-24-18(25)10-15)14-8-13-4-6-23-20(26)19(13)17(9-14)27-3/h5,7-11H,4,6H2,1-3H3,(H,23,26). The fraction of sp³-hybridized carbons (Fsp3) is 0.286. The van der Waals surface area contributed by atoms with Gasteiger partial charge in [0.2, 0.25) is 0 Å². The van der Waals surface area contributed by atoms with Crippen molar-refractivity contribution < 1.29 is 9.53 Å². The maximum atomic E-state index is 12.2. The highest BCUT2D eigenvalue weighted by molar-refractivity contribution is 6.00. The largest absolute Gasteiger partial charge is 0.496 e. The fourth-order valence-electron chi connectivity index (χ4n) is 3.48. The molecular weight excluding hydrogens is 340 g/mol. The van der Waals surface area contributed by atoms with E-state index in [0.717, 1.165) is 34.5 Å². The highest BCUT2D eigenvalue weighted by atomic mass is 16.5. The molecule has 27 heavy (non-hydrogen) atoms. The van der Waals surface area contributed by atoms with Crippen molar-refractivity contribution in [2.75, 3.05) is 13.7 Å². The summed E-state index contributed by atoms with van der Waals surface area (Å²) < 4.78 is 7.47.